The van der Waals surface area contributed by atoms with E-state index in [-0.39, 0.29) is 11.6 Å². The van der Waals surface area contributed by atoms with E-state index in [4.69, 9.17) is 28.6 Å². The number of non-ortho nitro benzene ring substituents is 1. The number of amides is 1. The minimum atomic E-state index is -0.472. The van der Waals surface area contributed by atoms with Gasteiger partial charge in [0.1, 0.15) is 5.75 Å². The van der Waals surface area contributed by atoms with Crippen LogP contribution in [0.3, 0.4) is 0 Å². The SMILES string of the molecule is CCCOc1cccc(C(=O)NC(=S)N2CCN(c3ccc([N+](=O)[O-])cc3Cl)CC2)c1. The zero-order valence-corrected chi connectivity index (χ0v) is 18.6. The topological polar surface area (TPSA) is 88.0 Å². The van der Waals surface area contributed by atoms with Crippen molar-refractivity contribution in [3.05, 3.63) is 63.2 Å². The van der Waals surface area contributed by atoms with Gasteiger partial charge < -0.3 is 14.5 Å². The van der Waals surface area contributed by atoms with Gasteiger partial charge in [0.2, 0.25) is 0 Å². The largest absolute Gasteiger partial charge is 0.494 e. The predicted octanol–water partition coefficient (Wildman–Crippen LogP) is 3.87. The summed E-state index contributed by atoms with van der Waals surface area (Å²) in [7, 11) is 0. The van der Waals surface area contributed by atoms with Crippen LogP contribution in [0, 0.1) is 10.1 Å². The molecule has 1 aliphatic rings. The lowest BCUT2D eigenvalue weighted by atomic mass is 10.2. The van der Waals surface area contributed by atoms with Crippen molar-refractivity contribution in [1.82, 2.24) is 10.2 Å². The maximum atomic E-state index is 12.6. The molecule has 2 aromatic carbocycles. The van der Waals surface area contributed by atoms with Gasteiger partial charge >= 0.3 is 0 Å². The molecular formula is C21H23ClN4O4S. The Kier molecular flexibility index (Phi) is 7.64. The van der Waals surface area contributed by atoms with Gasteiger partial charge in [-0.05, 0) is 42.9 Å². The molecule has 0 bridgehead atoms. The minimum Gasteiger partial charge on any atom is -0.494 e. The molecule has 0 unspecified atom stereocenters. The van der Waals surface area contributed by atoms with E-state index in [1.54, 1.807) is 24.3 Å². The number of carbonyl (C=O) groups excluding carboxylic acids is 1. The number of nitrogens with one attached hydrogen (secondary N) is 1. The first kappa shape index (κ1) is 22.8. The number of benzene rings is 2. The van der Waals surface area contributed by atoms with Crippen LogP contribution in [-0.4, -0.2) is 53.6 Å². The number of thiocarbonyl (C=S) groups is 1. The number of ether oxygens (including phenoxy) is 1. The summed E-state index contributed by atoms with van der Waals surface area (Å²) in [6, 6.07) is 11.4. The van der Waals surface area contributed by atoms with E-state index in [0.29, 0.717) is 54.2 Å². The lowest BCUT2D eigenvalue weighted by Crippen LogP contribution is -2.52. The van der Waals surface area contributed by atoms with Crippen molar-refractivity contribution >= 4 is 46.2 Å². The average Bonchev–Trinajstić information content (AvgIpc) is 2.77. The summed E-state index contributed by atoms with van der Waals surface area (Å²) in [4.78, 5) is 27.0. The Balaban J connectivity index is 1.56. The zero-order chi connectivity index (χ0) is 22.4. The summed E-state index contributed by atoms with van der Waals surface area (Å²) in [5, 5.41) is 14.4. The maximum absolute atomic E-state index is 12.6. The molecule has 2 aromatic rings. The number of nitro benzene ring substituents is 1. The van der Waals surface area contributed by atoms with Gasteiger partial charge in [-0.25, -0.2) is 0 Å². The van der Waals surface area contributed by atoms with Crippen LogP contribution in [0.25, 0.3) is 0 Å². The van der Waals surface area contributed by atoms with E-state index >= 15 is 0 Å². The van der Waals surface area contributed by atoms with Crippen LogP contribution in [0.5, 0.6) is 5.75 Å². The van der Waals surface area contributed by atoms with Crippen LogP contribution < -0.4 is 15.0 Å². The summed E-state index contributed by atoms with van der Waals surface area (Å²) >= 11 is 11.7. The van der Waals surface area contributed by atoms with Crippen molar-refractivity contribution in [2.75, 3.05) is 37.7 Å². The summed E-state index contributed by atoms with van der Waals surface area (Å²) in [5.41, 5.74) is 1.18. The molecule has 0 atom stereocenters. The number of anilines is 1. The van der Waals surface area contributed by atoms with Crippen LogP contribution in [0.2, 0.25) is 5.02 Å². The van der Waals surface area contributed by atoms with Gasteiger partial charge in [0.05, 0.1) is 22.2 Å². The van der Waals surface area contributed by atoms with Crippen molar-refractivity contribution in [1.29, 1.82) is 0 Å². The number of halogens is 1. The summed E-state index contributed by atoms with van der Waals surface area (Å²) < 4.78 is 5.57. The van der Waals surface area contributed by atoms with Gasteiger partial charge in [-0.1, -0.05) is 24.6 Å². The van der Waals surface area contributed by atoms with Crippen molar-refractivity contribution < 1.29 is 14.5 Å². The molecule has 1 amide bonds. The third kappa shape index (κ3) is 5.83. The van der Waals surface area contributed by atoms with Crippen LogP contribution >= 0.6 is 23.8 Å². The number of piperazine rings is 1. The molecule has 0 aliphatic carbocycles. The van der Waals surface area contributed by atoms with Gasteiger partial charge in [-0.15, -0.1) is 0 Å². The molecule has 0 saturated carbocycles. The van der Waals surface area contributed by atoms with Crippen LogP contribution in [-0.2, 0) is 0 Å². The van der Waals surface area contributed by atoms with Crippen molar-refractivity contribution in [3.63, 3.8) is 0 Å². The Bertz CT molecular complexity index is 980. The fourth-order valence-electron chi connectivity index (χ4n) is 3.21. The highest BCUT2D eigenvalue weighted by atomic mass is 35.5. The fraction of sp³-hybridized carbons (Fsp3) is 0.333. The second-order valence-corrected chi connectivity index (χ2v) is 7.80. The smallest absolute Gasteiger partial charge is 0.271 e. The van der Waals surface area contributed by atoms with E-state index in [2.05, 4.69) is 5.32 Å². The molecule has 1 N–H and O–H groups in total. The monoisotopic (exact) mass is 462 g/mol. The normalized spacial score (nSPS) is 13.6. The molecule has 1 aliphatic heterocycles. The molecule has 1 fully saturated rings. The highest BCUT2D eigenvalue weighted by molar-refractivity contribution is 7.80. The van der Waals surface area contributed by atoms with Crippen molar-refractivity contribution in [2.45, 2.75) is 13.3 Å². The second kappa shape index (κ2) is 10.4. The molecule has 8 nitrogen and oxygen atoms in total. The Morgan fingerprint density at radius 2 is 1.97 bits per heavy atom. The number of rotatable bonds is 6. The molecule has 164 valence electrons. The number of carbonyl (C=O) groups is 1. The highest BCUT2D eigenvalue weighted by Gasteiger charge is 2.23. The van der Waals surface area contributed by atoms with Gasteiger partial charge in [0.25, 0.3) is 11.6 Å². The number of nitrogens with zero attached hydrogens (tertiary/aromatic N) is 3. The van der Waals surface area contributed by atoms with Crippen LogP contribution in [0.15, 0.2) is 42.5 Å². The minimum absolute atomic E-state index is 0.0413. The first-order valence-corrected chi connectivity index (χ1v) is 10.7. The molecule has 10 heteroatoms. The van der Waals surface area contributed by atoms with E-state index in [1.165, 1.54) is 12.1 Å². The first-order valence-electron chi connectivity index (χ1n) is 9.91. The molecule has 3 rings (SSSR count). The zero-order valence-electron chi connectivity index (χ0n) is 17.0. The van der Waals surface area contributed by atoms with E-state index in [1.807, 2.05) is 22.8 Å². The fourth-order valence-corrected chi connectivity index (χ4v) is 3.78. The molecule has 0 spiro atoms. The number of hydrogen-bond donors (Lipinski definition) is 1. The summed E-state index contributed by atoms with van der Waals surface area (Å²) in [6.45, 7) is 5.02. The van der Waals surface area contributed by atoms with Crippen LogP contribution in [0.1, 0.15) is 23.7 Å². The maximum Gasteiger partial charge on any atom is 0.271 e. The quantitative estimate of drug-likeness (QED) is 0.396. The first-order chi connectivity index (χ1) is 14.9. The van der Waals surface area contributed by atoms with Crippen molar-refractivity contribution in [2.24, 2.45) is 0 Å². The average molecular weight is 463 g/mol. The standard InChI is InChI=1S/C21H23ClN4O4S/c1-2-12-30-17-5-3-4-15(13-17)20(27)23-21(31)25-10-8-24(9-11-25)19-7-6-16(26(28)29)14-18(19)22/h3-7,13-14H,2,8-12H2,1H3,(H,23,27,31). The number of nitro groups is 1. The molecule has 31 heavy (non-hydrogen) atoms. The van der Waals surface area contributed by atoms with E-state index in [0.717, 1.165) is 12.1 Å². The lowest BCUT2D eigenvalue weighted by molar-refractivity contribution is -0.384. The predicted molar refractivity (Wildman–Crippen MR) is 124 cm³/mol. The molecular weight excluding hydrogens is 440 g/mol. The number of hydrogen-bond acceptors (Lipinski definition) is 6. The Morgan fingerprint density at radius 3 is 2.61 bits per heavy atom. The molecule has 1 saturated heterocycles. The molecule has 0 aromatic heterocycles. The molecule has 1 heterocycles. The Hall–Kier alpha value is -2.91. The summed E-state index contributed by atoms with van der Waals surface area (Å²) in [6.07, 6.45) is 0.886. The van der Waals surface area contributed by atoms with Crippen LogP contribution in [0.4, 0.5) is 11.4 Å². The van der Waals surface area contributed by atoms with E-state index in [9.17, 15) is 14.9 Å². The third-order valence-electron chi connectivity index (χ3n) is 4.84. The van der Waals surface area contributed by atoms with E-state index < -0.39 is 4.92 Å². The van der Waals surface area contributed by atoms with Crippen molar-refractivity contribution in [3.8, 4) is 5.75 Å². The van der Waals surface area contributed by atoms with Gasteiger partial charge in [0, 0.05) is 43.9 Å². The van der Waals surface area contributed by atoms with Gasteiger partial charge in [0.15, 0.2) is 5.11 Å². The van der Waals surface area contributed by atoms with Gasteiger partial charge in [-0.3, -0.25) is 20.2 Å². The Morgan fingerprint density at radius 1 is 1.23 bits per heavy atom. The summed E-state index contributed by atoms with van der Waals surface area (Å²) in [5.74, 6) is 0.363. The highest BCUT2D eigenvalue weighted by Crippen LogP contribution is 2.30. The lowest BCUT2D eigenvalue weighted by Gasteiger charge is -2.37. The third-order valence-corrected chi connectivity index (χ3v) is 5.50. The molecule has 0 radical (unpaired) electrons. The Labute approximate surface area is 190 Å². The second-order valence-electron chi connectivity index (χ2n) is 7.00. The van der Waals surface area contributed by atoms with Gasteiger partial charge in [-0.2, -0.15) is 0 Å².